The van der Waals surface area contributed by atoms with Crippen molar-refractivity contribution in [1.29, 1.82) is 5.26 Å². The molecule has 0 aromatic heterocycles. The van der Waals surface area contributed by atoms with Crippen LogP contribution in [-0.4, -0.2) is 11.5 Å². The normalized spacial score (nSPS) is 9.94. The van der Waals surface area contributed by atoms with Crippen LogP contribution in [0.3, 0.4) is 0 Å². The van der Waals surface area contributed by atoms with Crippen LogP contribution < -0.4 is 4.74 Å². The Morgan fingerprint density at radius 3 is 2.62 bits per heavy atom. The predicted octanol–water partition coefficient (Wildman–Crippen LogP) is 2.38. The van der Waals surface area contributed by atoms with E-state index in [4.69, 9.17) is 5.26 Å². The molecule has 0 saturated heterocycles. The number of non-ortho nitro benzene ring substituents is 1. The summed E-state index contributed by atoms with van der Waals surface area (Å²) >= 11 is 0. The Kier molecular flexibility index (Phi) is 3.35. The fourth-order valence-corrected chi connectivity index (χ4v) is 1.17. The van der Waals surface area contributed by atoms with E-state index in [1.165, 1.54) is 6.92 Å². The second kappa shape index (κ2) is 4.53. The Morgan fingerprint density at radius 1 is 1.56 bits per heavy atom. The van der Waals surface area contributed by atoms with Crippen LogP contribution in [0.1, 0.15) is 11.1 Å². The molecular formula is C9H6F2N2O3. The fourth-order valence-electron chi connectivity index (χ4n) is 1.17. The molecule has 0 radical (unpaired) electrons. The molecule has 0 aliphatic heterocycles. The lowest BCUT2D eigenvalue weighted by atomic mass is 10.1. The molecule has 0 N–H and O–H groups in total. The summed E-state index contributed by atoms with van der Waals surface area (Å²) in [6.07, 6.45) is 0. The minimum Gasteiger partial charge on any atom is -0.433 e. The SMILES string of the molecule is Cc1cc([N+](=O)[O-])cc(OC(F)F)c1C#N. The van der Waals surface area contributed by atoms with Crippen LogP contribution in [0.25, 0.3) is 0 Å². The van der Waals surface area contributed by atoms with Gasteiger partial charge >= 0.3 is 6.61 Å². The molecule has 0 aliphatic rings. The van der Waals surface area contributed by atoms with Crippen LogP contribution >= 0.6 is 0 Å². The van der Waals surface area contributed by atoms with E-state index in [9.17, 15) is 18.9 Å². The van der Waals surface area contributed by atoms with Crippen LogP contribution in [0, 0.1) is 28.4 Å². The van der Waals surface area contributed by atoms with Gasteiger partial charge in [0.05, 0.1) is 16.6 Å². The third-order valence-electron chi connectivity index (χ3n) is 1.82. The van der Waals surface area contributed by atoms with Crippen LogP contribution in [0.2, 0.25) is 0 Å². The molecule has 1 rings (SSSR count). The van der Waals surface area contributed by atoms with Gasteiger partial charge in [0.25, 0.3) is 5.69 Å². The van der Waals surface area contributed by atoms with Gasteiger partial charge in [0.2, 0.25) is 0 Å². The van der Waals surface area contributed by atoms with Gasteiger partial charge in [0.15, 0.2) is 5.75 Å². The molecule has 0 heterocycles. The minimum atomic E-state index is -3.13. The highest BCUT2D eigenvalue weighted by Gasteiger charge is 2.17. The molecular weight excluding hydrogens is 222 g/mol. The molecule has 5 nitrogen and oxygen atoms in total. The van der Waals surface area contributed by atoms with Gasteiger partial charge in [-0.2, -0.15) is 14.0 Å². The van der Waals surface area contributed by atoms with Gasteiger partial charge in [0, 0.05) is 6.07 Å². The summed E-state index contributed by atoms with van der Waals surface area (Å²) in [7, 11) is 0. The Balaban J connectivity index is 3.32. The highest BCUT2D eigenvalue weighted by atomic mass is 19.3. The fraction of sp³-hybridized carbons (Fsp3) is 0.222. The summed E-state index contributed by atoms with van der Waals surface area (Å²) in [6.45, 7) is -1.72. The van der Waals surface area contributed by atoms with Crippen LogP contribution in [0.5, 0.6) is 5.75 Å². The lowest BCUT2D eigenvalue weighted by Gasteiger charge is -2.07. The Bertz CT molecular complexity index is 469. The number of aryl methyl sites for hydroxylation is 1. The van der Waals surface area contributed by atoms with Crippen molar-refractivity contribution in [3.05, 3.63) is 33.4 Å². The molecule has 0 aliphatic carbocycles. The van der Waals surface area contributed by atoms with E-state index in [2.05, 4.69) is 4.74 Å². The van der Waals surface area contributed by atoms with Crippen molar-refractivity contribution >= 4 is 5.69 Å². The van der Waals surface area contributed by atoms with Crippen LogP contribution in [-0.2, 0) is 0 Å². The number of nitrogens with zero attached hydrogens (tertiary/aromatic N) is 2. The summed E-state index contributed by atoms with van der Waals surface area (Å²) < 4.78 is 28.0. The topological polar surface area (TPSA) is 76.2 Å². The van der Waals surface area contributed by atoms with Gasteiger partial charge < -0.3 is 4.74 Å². The average Bonchev–Trinajstić information content (AvgIpc) is 2.16. The quantitative estimate of drug-likeness (QED) is 0.587. The number of nitro groups is 1. The first-order valence-electron chi connectivity index (χ1n) is 4.09. The maximum atomic E-state index is 12.0. The number of ether oxygens (including phenoxy) is 1. The third-order valence-corrected chi connectivity index (χ3v) is 1.82. The molecule has 0 unspecified atom stereocenters. The number of halogens is 2. The second-order valence-corrected chi connectivity index (χ2v) is 2.88. The van der Waals surface area contributed by atoms with E-state index in [0.717, 1.165) is 12.1 Å². The molecule has 0 bridgehead atoms. The first-order valence-corrected chi connectivity index (χ1v) is 4.09. The summed E-state index contributed by atoms with van der Waals surface area (Å²) in [5.74, 6) is -0.482. The van der Waals surface area contributed by atoms with E-state index < -0.39 is 23.0 Å². The zero-order valence-corrected chi connectivity index (χ0v) is 8.11. The zero-order valence-electron chi connectivity index (χ0n) is 8.11. The molecule has 0 saturated carbocycles. The Morgan fingerprint density at radius 2 is 2.19 bits per heavy atom. The van der Waals surface area contributed by atoms with E-state index in [1.807, 2.05) is 0 Å². The lowest BCUT2D eigenvalue weighted by molar-refractivity contribution is -0.385. The van der Waals surface area contributed by atoms with E-state index in [0.29, 0.717) is 0 Å². The van der Waals surface area contributed by atoms with Crippen LogP contribution in [0.4, 0.5) is 14.5 Å². The maximum absolute atomic E-state index is 12.0. The van der Waals surface area contributed by atoms with E-state index in [1.54, 1.807) is 6.07 Å². The molecule has 0 atom stereocenters. The monoisotopic (exact) mass is 228 g/mol. The zero-order chi connectivity index (χ0) is 12.3. The number of rotatable bonds is 3. The molecule has 84 valence electrons. The van der Waals surface area contributed by atoms with Gasteiger partial charge in [-0.1, -0.05) is 0 Å². The van der Waals surface area contributed by atoms with E-state index >= 15 is 0 Å². The number of benzene rings is 1. The molecule has 0 spiro atoms. The second-order valence-electron chi connectivity index (χ2n) is 2.88. The number of nitro benzene ring substituents is 1. The Hall–Kier alpha value is -2.23. The molecule has 1 aromatic carbocycles. The van der Waals surface area contributed by atoms with Gasteiger partial charge in [-0.15, -0.1) is 0 Å². The van der Waals surface area contributed by atoms with Gasteiger partial charge in [-0.25, -0.2) is 0 Å². The van der Waals surface area contributed by atoms with Crippen molar-refractivity contribution < 1.29 is 18.4 Å². The summed E-state index contributed by atoms with van der Waals surface area (Å²) in [5, 5.41) is 19.2. The summed E-state index contributed by atoms with van der Waals surface area (Å²) in [4.78, 5) is 9.73. The number of hydrogen-bond donors (Lipinski definition) is 0. The van der Waals surface area contributed by atoms with Crippen LogP contribution in [0.15, 0.2) is 12.1 Å². The molecule has 0 amide bonds. The summed E-state index contributed by atoms with van der Waals surface area (Å²) in [6, 6.07) is 3.58. The highest BCUT2D eigenvalue weighted by Crippen LogP contribution is 2.28. The van der Waals surface area contributed by atoms with Crippen molar-refractivity contribution in [2.24, 2.45) is 0 Å². The van der Waals surface area contributed by atoms with E-state index in [-0.39, 0.29) is 11.1 Å². The first kappa shape index (κ1) is 11.8. The van der Waals surface area contributed by atoms with Gasteiger partial charge in [-0.05, 0) is 12.5 Å². The molecule has 7 heteroatoms. The lowest BCUT2D eigenvalue weighted by Crippen LogP contribution is -2.05. The number of alkyl halides is 2. The van der Waals surface area contributed by atoms with Crippen molar-refractivity contribution in [2.75, 3.05) is 0 Å². The highest BCUT2D eigenvalue weighted by molar-refractivity contribution is 5.54. The smallest absolute Gasteiger partial charge is 0.387 e. The average molecular weight is 228 g/mol. The number of nitriles is 1. The largest absolute Gasteiger partial charge is 0.433 e. The first-order chi connectivity index (χ1) is 7.45. The molecule has 16 heavy (non-hydrogen) atoms. The van der Waals surface area contributed by atoms with Crippen molar-refractivity contribution in [3.63, 3.8) is 0 Å². The van der Waals surface area contributed by atoms with Gasteiger partial charge in [-0.3, -0.25) is 10.1 Å². The standard InChI is InChI=1S/C9H6F2N2O3/c1-5-2-6(13(14)15)3-8(7(5)4-12)16-9(10)11/h2-3,9H,1H3. The number of hydrogen-bond acceptors (Lipinski definition) is 4. The third kappa shape index (κ3) is 2.42. The minimum absolute atomic E-state index is 0.133. The van der Waals surface area contributed by atoms with Crippen molar-refractivity contribution in [3.8, 4) is 11.8 Å². The maximum Gasteiger partial charge on any atom is 0.387 e. The Labute approximate surface area is 89.0 Å². The molecule has 0 fully saturated rings. The van der Waals surface area contributed by atoms with Crippen molar-refractivity contribution in [1.82, 2.24) is 0 Å². The van der Waals surface area contributed by atoms with Crippen molar-refractivity contribution in [2.45, 2.75) is 13.5 Å². The summed E-state index contributed by atoms with van der Waals surface area (Å²) in [5.41, 5.74) is -0.314. The molecule has 1 aromatic rings. The predicted molar refractivity (Wildman–Crippen MR) is 49.2 cm³/mol. The van der Waals surface area contributed by atoms with Gasteiger partial charge in [0.1, 0.15) is 6.07 Å².